The van der Waals surface area contributed by atoms with Gasteiger partial charge in [-0.05, 0) is 43.2 Å². The Bertz CT molecular complexity index is 1210. The van der Waals surface area contributed by atoms with E-state index in [4.69, 9.17) is 12.2 Å². The molecule has 5 nitrogen and oxygen atoms in total. The van der Waals surface area contributed by atoms with Crippen LogP contribution in [0.4, 0.5) is 24.0 Å². The third-order valence-electron chi connectivity index (χ3n) is 5.79. The fourth-order valence-electron chi connectivity index (χ4n) is 3.79. The number of amides is 1. The van der Waals surface area contributed by atoms with Crippen molar-refractivity contribution in [2.75, 3.05) is 23.3 Å². The summed E-state index contributed by atoms with van der Waals surface area (Å²) in [6.07, 6.45) is 6.48. The zero-order valence-corrected chi connectivity index (χ0v) is 18.6. The van der Waals surface area contributed by atoms with E-state index in [1.54, 1.807) is 29.3 Å². The summed E-state index contributed by atoms with van der Waals surface area (Å²) in [5, 5.41) is 4.21. The first kappa shape index (κ1) is 22.8. The van der Waals surface area contributed by atoms with E-state index in [1.807, 2.05) is 0 Å². The van der Waals surface area contributed by atoms with Gasteiger partial charge >= 0.3 is 0 Å². The van der Waals surface area contributed by atoms with Gasteiger partial charge in [-0.25, -0.2) is 18.2 Å². The minimum Gasteiger partial charge on any atom is -0.370 e. The van der Waals surface area contributed by atoms with E-state index in [9.17, 15) is 18.0 Å². The van der Waals surface area contributed by atoms with E-state index >= 15 is 0 Å². The quantitative estimate of drug-likeness (QED) is 0.546. The highest BCUT2D eigenvalue weighted by Crippen LogP contribution is 2.34. The van der Waals surface area contributed by atoms with Crippen molar-refractivity contribution in [2.45, 2.75) is 24.8 Å². The Kier molecular flexibility index (Phi) is 6.15. The predicted octanol–water partition coefficient (Wildman–Crippen LogP) is 4.29. The number of carbonyl (C=O) groups excluding carboxylic acids is 1. The van der Waals surface area contributed by atoms with Crippen LogP contribution in [-0.4, -0.2) is 30.0 Å². The van der Waals surface area contributed by atoms with Crippen LogP contribution in [0.25, 0.3) is 0 Å². The average molecular weight is 471 g/mol. The van der Waals surface area contributed by atoms with Gasteiger partial charge in [-0.3, -0.25) is 10.1 Å². The van der Waals surface area contributed by atoms with Gasteiger partial charge in [0.2, 0.25) is 0 Å². The summed E-state index contributed by atoms with van der Waals surface area (Å²) < 4.78 is 42.7. The number of hydrogen-bond donors (Lipinski definition) is 2. The lowest BCUT2D eigenvalue weighted by Gasteiger charge is -2.22. The number of anilines is 2. The van der Waals surface area contributed by atoms with Crippen LogP contribution in [0, 0.1) is 29.8 Å². The third kappa shape index (κ3) is 4.45. The van der Waals surface area contributed by atoms with Crippen LogP contribution in [0.15, 0.2) is 41.8 Å². The molecule has 3 aromatic rings. The first-order valence-corrected chi connectivity index (χ1v) is 11.1. The van der Waals surface area contributed by atoms with E-state index in [1.165, 1.54) is 12.1 Å². The SMILES string of the molecule is C#C[C@](C)(c1ccc(F)cc1)c1csc(NC(=O)c2c(F)cc(N3CCC(N)C3)cc2F)n1. The molecule has 1 unspecified atom stereocenters. The van der Waals surface area contributed by atoms with Crippen molar-refractivity contribution in [2.24, 2.45) is 5.73 Å². The Labute approximate surface area is 193 Å². The molecular weight excluding hydrogens is 449 g/mol. The summed E-state index contributed by atoms with van der Waals surface area (Å²) in [5.41, 5.74) is 5.61. The number of benzene rings is 2. The van der Waals surface area contributed by atoms with Crippen molar-refractivity contribution in [1.82, 2.24) is 4.98 Å². The Morgan fingerprint density at radius 2 is 1.94 bits per heavy atom. The number of rotatable bonds is 5. The van der Waals surface area contributed by atoms with Gasteiger partial charge in [0.15, 0.2) is 5.13 Å². The molecule has 0 bridgehead atoms. The van der Waals surface area contributed by atoms with Gasteiger partial charge in [0.1, 0.15) is 23.0 Å². The number of nitrogens with two attached hydrogens (primary N) is 1. The number of halogens is 3. The van der Waals surface area contributed by atoms with E-state index < -0.39 is 34.3 Å². The molecule has 1 saturated heterocycles. The molecule has 1 aliphatic rings. The van der Waals surface area contributed by atoms with E-state index in [-0.39, 0.29) is 11.2 Å². The molecule has 1 aliphatic heterocycles. The molecule has 3 N–H and O–H groups in total. The van der Waals surface area contributed by atoms with Crippen LogP contribution in [0.3, 0.4) is 0 Å². The lowest BCUT2D eigenvalue weighted by atomic mass is 9.81. The Morgan fingerprint density at radius 3 is 2.52 bits per heavy atom. The molecule has 1 aromatic heterocycles. The van der Waals surface area contributed by atoms with Gasteiger partial charge in [0, 0.05) is 30.2 Å². The molecule has 0 radical (unpaired) electrons. The number of hydrogen-bond acceptors (Lipinski definition) is 5. The Morgan fingerprint density at radius 1 is 1.27 bits per heavy atom. The van der Waals surface area contributed by atoms with Gasteiger partial charge in [0.25, 0.3) is 5.91 Å². The summed E-state index contributed by atoms with van der Waals surface area (Å²) in [7, 11) is 0. The molecular formula is C24H21F3N4OS. The zero-order chi connectivity index (χ0) is 23.8. The summed E-state index contributed by atoms with van der Waals surface area (Å²) in [5.74, 6) is -0.642. The largest absolute Gasteiger partial charge is 0.370 e. The second-order valence-electron chi connectivity index (χ2n) is 8.05. The summed E-state index contributed by atoms with van der Waals surface area (Å²) in [6, 6.07) is 7.93. The van der Waals surface area contributed by atoms with Crippen LogP contribution in [0.2, 0.25) is 0 Å². The first-order chi connectivity index (χ1) is 15.7. The van der Waals surface area contributed by atoms with E-state index in [0.717, 1.165) is 29.9 Å². The molecule has 0 spiro atoms. The Balaban J connectivity index is 1.55. The normalized spacial score (nSPS) is 17.5. The van der Waals surface area contributed by atoms with Crippen LogP contribution in [0.1, 0.15) is 35.0 Å². The van der Waals surface area contributed by atoms with Crippen molar-refractivity contribution in [3.8, 4) is 12.3 Å². The highest BCUT2D eigenvalue weighted by Gasteiger charge is 2.30. The highest BCUT2D eigenvalue weighted by atomic mass is 32.1. The average Bonchev–Trinajstić information content (AvgIpc) is 3.42. The van der Waals surface area contributed by atoms with Gasteiger partial charge in [0.05, 0.1) is 11.1 Å². The number of carbonyl (C=O) groups is 1. The number of thiazole rings is 1. The molecule has 4 rings (SSSR count). The third-order valence-corrected chi connectivity index (χ3v) is 6.55. The van der Waals surface area contributed by atoms with Crippen molar-refractivity contribution in [3.05, 3.63) is 76.1 Å². The lowest BCUT2D eigenvalue weighted by Crippen LogP contribution is -2.26. The molecule has 2 aromatic carbocycles. The Hall–Kier alpha value is -3.35. The second-order valence-corrected chi connectivity index (χ2v) is 8.91. The van der Waals surface area contributed by atoms with E-state index in [0.29, 0.717) is 30.0 Å². The highest BCUT2D eigenvalue weighted by molar-refractivity contribution is 7.14. The smallest absolute Gasteiger partial charge is 0.263 e. The van der Waals surface area contributed by atoms with Crippen LogP contribution < -0.4 is 16.0 Å². The molecule has 0 aliphatic carbocycles. The van der Waals surface area contributed by atoms with Crippen molar-refractivity contribution < 1.29 is 18.0 Å². The topological polar surface area (TPSA) is 71.2 Å². The maximum Gasteiger partial charge on any atom is 0.263 e. The monoisotopic (exact) mass is 470 g/mol. The summed E-state index contributed by atoms with van der Waals surface area (Å²) in [4.78, 5) is 18.8. The molecule has 1 amide bonds. The van der Waals surface area contributed by atoms with Crippen molar-refractivity contribution in [1.29, 1.82) is 0 Å². The summed E-state index contributed by atoms with van der Waals surface area (Å²) >= 11 is 1.07. The molecule has 9 heteroatoms. The predicted molar refractivity (Wildman–Crippen MR) is 123 cm³/mol. The second kappa shape index (κ2) is 8.89. The minimum absolute atomic E-state index is 0.0539. The molecule has 33 heavy (non-hydrogen) atoms. The molecule has 170 valence electrons. The van der Waals surface area contributed by atoms with Gasteiger partial charge < -0.3 is 10.6 Å². The molecule has 1 fully saturated rings. The van der Waals surface area contributed by atoms with Crippen molar-refractivity contribution in [3.63, 3.8) is 0 Å². The number of nitrogens with zero attached hydrogens (tertiary/aromatic N) is 2. The fourth-order valence-corrected chi connectivity index (χ4v) is 4.60. The molecule has 2 heterocycles. The van der Waals surface area contributed by atoms with Gasteiger partial charge in [-0.15, -0.1) is 17.8 Å². The first-order valence-electron chi connectivity index (χ1n) is 10.2. The fraction of sp³-hybridized carbons (Fsp3) is 0.250. The lowest BCUT2D eigenvalue weighted by molar-refractivity contribution is 0.101. The van der Waals surface area contributed by atoms with Gasteiger partial charge in [-0.2, -0.15) is 0 Å². The van der Waals surface area contributed by atoms with Crippen molar-refractivity contribution >= 4 is 28.1 Å². The maximum absolute atomic E-state index is 14.7. The van der Waals surface area contributed by atoms with Gasteiger partial charge in [-0.1, -0.05) is 18.1 Å². The minimum atomic E-state index is -0.984. The van der Waals surface area contributed by atoms with Crippen LogP contribution in [-0.2, 0) is 5.41 Å². The standard InChI is InChI=1S/C24H21F3N4OS/c1-3-24(2,14-4-6-15(25)7-5-14)20-13-33-23(29-20)30-22(32)21-18(26)10-17(11-19(21)27)31-9-8-16(28)12-31/h1,4-7,10-11,13,16H,8-9,12,28H2,2H3,(H,29,30,32)/t16?,24-/m1/s1. The van der Waals surface area contributed by atoms with Crippen LogP contribution >= 0.6 is 11.3 Å². The molecule has 0 saturated carbocycles. The maximum atomic E-state index is 14.7. The molecule has 2 atom stereocenters. The number of nitrogens with one attached hydrogen (secondary N) is 1. The zero-order valence-electron chi connectivity index (χ0n) is 17.7. The number of terminal acetylenes is 1. The van der Waals surface area contributed by atoms with Crippen LogP contribution in [0.5, 0.6) is 0 Å². The number of aromatic nitrogens is 1. The summed E-state index contributed by atoms with van der Waals surface area (Å²) in [6.45, 7) is 2.83. The van der Waals surface area contributed by atoms with E-state index in [2.05, 4.69) is 16.2 Å².